The lowest BCUT2D eigenvalue weighted by molar-refractivity contribution is -0.119. The zero-order valence-corrected chi connectivity index (χ0v) is 23.0. The number of benzene rings is 3. The average Bonchev–Trinajstić information content (AvgIpc) is 3.62. The molecule has 2 N–H and O–H groups in total. The monoisotopic (exact) mass is 553 g/mol. The minimum Gasteiger partial charge on any atom is -0.344 e. The number of amides is 2. The summed E-state index contributed by atoms with van der Waals surface area (Å²) in [4.78, 5) is 39.5. The maximum atomic E-state index is 13.4. The third-order valence-corrected chi connectivity index (χ3v) is 8.35. The van der Waals surface area contributed by atoms with Crippen LogP contribution in [0.3, 0.4) is 0 Å². The molecule has 0 saturated heterocycles. The number of hydrogen-bond acceptors (Lipinski definition) is 6. The van der Waals surface area contributed by atoms with Crippen LogP contribution < -0.4 is 10.6 Å². The van der Waals surface area contributed by atoms with Crippen molar-refractivity contribution in [2.45, 2.75) is 45.6 Å². The number of aromatic nitrogens is 3. The van der Waals surface area contributed by atoms with Crippen molar-refractivity contribution in [2.24, 2.45) is 5.92 Å². The van der Waals surface area contributed by atoms with Gasteiger partial charge in [-0.3, -0.25) is 9.59 Å². The number of hydrogen-bond donors (Lipinski definition) is 2. The van der Waals surface area contributed by atoms with Crippen molar-refractivity contribution in [3.05, 3.63) is 83.6 Å². The molecular weight excluding hydrogens is 525 g/mol. The van der Waals surface area contributed by atoms with Crippen LogP contribution in [0.15, 0.2) is 60.7 Å². The molecule has 1 atom stereocenters. The summed E-state index contributed by atoms with van der Waals surface area (Å²) >= 11 is 1.46. The molecule has 3 aromatic carbocycles. The van der Waals surface area contributed by atoms with Crippen LogP contribution in [0.1, 0.15) is 60.5 Å². The van der Waals surface area contributed by atoms with Crippen LogP contribution >= 0.6 is 11.3 Å². The number of halogens is 1. The van der Waals surface area contributed by atoms with Gasteiger partial charge in [-0.05, 0) is 79.8 Å². The Morgan fingerprint density at radius 2 is 1.62 bits per heavy atom. The van der Waals surface area contributed by atoms with Gasteiger partial charge in [-0.1, -0.05) is 48.4 Å². The van der Waals surface area contributed by atoms with Crippen LogP contribution in [0.4, 0.5) is 9.52 Å². The smallest absolute Gasteiger partial charge is 0.271 e. The highest BCUT2D eigenvalue weighted by Crippen LogP contribution is 2.33. The van der Waals surface area contributed by atoms with Gasteiger partial charge in [-0.25, -0.2) is 19.3 Å². The largest absolute Gasteiger partial charge is 0.344 e. The second-order valence-corrected chi connectivity index (χ2v) is 11.3. The zero-order chi connectivity index (χ0) is 27.8. The predicted molar refractivity (Wildman–Crippen MR) is 156 cm³/mol. The molecule has 9 heteroatoms. The number of fused-ring (bicyclic) bond motifs is 2. The van der Waals surface area contributed by atoms with Crippen molar-refractivity contribution in [3.8, 4) is 11.1 Å². The van der Waals surface area contributed by atoms with Gasteiger partial charge in [-0.2, -0.15) is 0 Å². The van der Waals surface area contributed by atoms with E-state index in [1.807, 2.05) is 43.3 Å². The Morgan fingerprint density at radius 3 is 2.38 bits per heavy atom. The van der Waals surface area contributed by atoms with Crippen molar-refractivity contribution in [3.63, 3.8) is 0 Å². The molecule has 6 rings (SSSR count). The Balaban J connectivity index is 1.29. The first-order valence-corrected chi connectivity index (χ1v) is 14.2. The summed E-state index contributed by atoms with van der Waals surface area (Å²) in [5.41, 5.74) is 4.44. The van der Waals surface area contributed by atoms with Gasteiger partial charge in [0, 0.05) is 11.3 Å². The van der Waals surface area contributed by atoms with Gasteiger partial charge >= 0.3 is 0 Å². The SMILES string of the molecule is Cc1nc(C(=O)N[C@@H](C)c2ccc(F)cc2)c2cc(-c3ccc4nc(NC(=O)C5CCCC5)sc4c3)ccc2n1. The number of rotatable bonds is 6. The number of nitrogens with zero attached hydrogens (tertiary/aromatic N) is 3. The Bertz CT molecular complexity index is 1740. The van der Waals surface area contributed by atoms with Crippen LogP contribution in [0, 0.1) is 18.7 Å². The lowest BCUT2D eigenvalue weighted by Gasteiger charge is -2.15. The Morgan fingerprint density at radius 1 is 0.925 bits per heavy atom. The van der Waals surface area contributed by atoms with Crippen LogP contribution in [0.5, 0.6) is 0 Å². The first kappa shape index (κ1) is 26.0. The summed E-state index contributed by atoms with van der Waals surface area (Å²) in [6.07, 6.45) is 4.09. The molecule has 7 nitrogen and oxygen atoms in total. The summed E-state index contributed by atoms with van der Waals surface area (Å²) < 4.78 is 14.3. The van der Waals surface area contributed by atoms with E-state index < -0.39 is 0 Å². The van der Waals surface area contributed by atoms with E-state index in [2.05, 4.69) is 25.6 Å². The molecule has 0 aliphatic heterocycles. The fourth-order valence-corrected chi connectivity index (χ4v) is 6.16. The number of anilines is 1. The molecule has 202 valence electrons. The van der Waals surface area contributed by atoms with Crippen molar-refractivity contribution < 1.29 is 14.0 Å². The van der Waals surface area contributed by atoms with E-state index in [4.69, 9.17) is 0 Å². The average molecular weight is 554 g/mol. The molecule has 2 aromatic heterocycles. The molecule has 1 fully saturated rings. The van der Waals surface area contributed by atoms with Gasteiger partial charge in [0.2, 0.25) is 5.91 Å². The molecular formula is C31H28FN5O2S. The highest BCUT2D eigenvalue weighted by atomic mass is 32.1. The fraction of sp³-hybridized carbons (Fsp3) is 0.258. The van der Waals surface area contributed by atoms with E-state index in [0.29, 0.717) is 21.9 Å². The van der Waals surface area contributed by atoms with Crippen LogP contribution in [0.25, 0.3) is 32.2 Å². The second kappa shape index (κ2) is 10.7. The first-order chi connectivity index (χ1) is 19.3. The molecule has 0 unspecified atom stereocenters. The molecule has 1 aliphatic rings. The van der Waals surface area contributed by atoms with Crippen LogP contribution in [-0.4, -0.2) is 26.8 Å². The van der Waals surface area contributed by atoms with Crippen molar-refractivity contribution in [2.75, 3.05) is 5.32 Å². The van der Waals surface area contributed by atoms with E-state index >= 15 is 0 Å². The number of carbonyl (C=O) groups excluding carboxylic acids is 2. The first-order valence-electron chi connectivity index (χ1n) is 13.4. The summed E-state index contributed by atoms with van der Waals surface area (Å²) in [6.45, 7) is 3.61. The lowest BCUT2D eigenvalue weighted by atomic mass is 10.0. The number of thiazole rings is 1. The maximum Gasteiger partial charge on any atom is 0.271 e. The molecule has 1 saturated carbocycles. The summed E-state index contributed by atoms with van der Waals surface area (Å²) in [5, 5.41) is 7.23. The molecule has 2 heterocycles. The normalized spacial score (nSPS) is 14.5. The molecule has 2 amide bonds. The maximum absolute atomic E-state index is 13.4. The number of carbonyl (C=O) groups is 2. The van der Waals surface area contributed by atoms with Gasteiger partial charge in [-0.15, -0.1) is 0 Å². The van der Waals surface area contributed by atoms with Gasteiger partial charge in [0.05, 0.1) is 21.8 Å². The second-order valence-electron chi connectivity index (χ2n) is 10.3. The Labute approximate surface area is 234 Å². The molecule has 1 aliphatic carbocycles. The molecule has 0 radical (unpaired) electrons. The van der Waals surface area contributed by atoms with Gasteiger partial charge in [0.25, 0.3) is 5.91 Å². The fourth-order valence-electron chi connectivity index (χ4n) is 5.25. The molecule has 0 spiro atoms. The Hall–Kier alpha value is -4.24. The third-order valence-electron chi connectivity index (χ3n) is 7.42. The predicted octanol–water partition coefficient (Wildman–Crippen LogP) is 6.97. The highest BCUT2D eigenvalue weighted by Gasteiger charge is 2.23. The Kier molecular flexibility index (Phi) is 6.98. The molecule has 0 bridgehead atoms. The summed E-state index contributed by atoms with van der Waals surface area (Å²) in [7, 11) is 0. The lowest BCUT2D eigenvalue weighted by Crippen LogP contribution is -2.28. The van der Waals surface area contributed by atoms with Gasteiger partial charge in [0.15, 0.2) is 5.13 Å². The van der Waals surface area contributed by atoms with E-state index in [1.54, 1.807) is 19.1 Å². The van der Waals surface area contributed by atoms with E-state index in [1.165, 1.54) is 23.5 Å². The van der Waals surface area contributed by atoms with Crippen LogP contribution in [-0.2, 0) is 4.79 Å². The minimum absolute atomic E-state index is 0.0566. The molecule has 40 heavy (non-hydrogen) atoms. The zero-order valence-electron chi connectivity index (χ0n) is 22.2. The van der Waals surface area contributed by atoms with Gasteiger partial charge in [0.1, 0.15) is 17.3 Å². The van der Waals surface area contributed by atoms with E-state index in [9.17, 15) is 14.0 Å². The topological polar surface area (TPSA) is 96.9 Å². The summed E-state index contributed by atoms with van der Waals surface area (Å²) in [6, 6.07) is 17.5. The standard InChI is InChI=1S/C31H28FN5O2S/c1-17(19-7-11-23(32)12-8-19)33-30(39)28-24-15-21(9-13-25(24)34-18(2)35-28)22-10-14-26-27(16-22)40-31(36-26)37-29(38)20-5-3-4-6-20/h7-17,20H,3-6H2,1-2H3,(H,33,39)(H,36,37,38)/t17-/m0/s1. The van der Waals surface area contributed by atoms with Crippen molar-refractivity contribution >= 4 is 49.4 Å². The van der Waals surface area contributed by atoms with E-state index in [-0.39, 0.29) is 35.3 Å². The van der Waals surface area contributed by atoms with Gasteiger partial charge < -0.3 is 10.6 Å². The van der Waals surface area contributed by atoms with Crippen molar-refractivity contribution in [1.29, 1.82) is 0 Å². The highest BCUT2D eigenvalue weighted by molar-refractivity contribution is 7.22. The van der Waals surface area contributed by atoms with E-state index in [0.717, 1.165) is 52.6 Å². The number of aryl methyl sites for hydroxylation is 1. The number of nitrogens with one attached hydrogen (secondary N) is 2. The van der Waals surface area contributed by atoms with Crippen LogP contribution in [0.2, 0.25) is 0 Å². The van der Waals surface area contributed by atoms with Crippen molar-refractivity contribution in [1.82, 2.24) is 20.3 Å². The minimum atomic E-state index is -0.335. The molecule has 5 aromatic rings. The third kappa shape index (κ3) is 5.29. The quantitative estimate of drug-likeness (QED) is 0.237. The summed E-state index contributed by atoms with van der Waals surface area (Å²) in [5.74, 6) is -0.0193.